The van der Waals surface area contributed by atoms with E-state index in [9.17, 15) is 0 Å². The zero-order valence-corrected chi connectivity index (χ0v) is 11.1. The van der Waals surface area contributed by atoms with Crippen LogP contribution in [0.5, 0.6) is 0 Å². The lowest BCUT2D eigenvalue weighted by atomic mass is 10.0. The van der Waals surface area contributed by atoms with E-state index < -0.39 is 0 Å². The van der Waals surface area contributed by atoms with Gasteiger partial charge in [-0.15, -0.1) is 0 Å². The highest BCUT2D eigenvalue weighted by Gasteiger charge is 2.17. The topological polar surface area (TPSA) is 32.3 Å². The molecule has 15 heavy (non-hydrogen) atoms. The molecule has 0 aliphatic rings. The van der Waals surface area contributed by atoms with Crippen LogP contribution < -0.4 is 5.32 Å². The van der Waals surface area contributed by atoms with Crippen LogP contribution in [0.2, 0.25) is 0 Å². The number of anilines is 1. The van der Waals surface area contributed by atoms with Crippen molar-refractivity contribution in [2.45, 2.75) is 32.7 Å². The summed E-state index contributed by atoms with van der Waals surface area (Å²) in [6.45, 7) is 6.42. The van der Waals surface area contributed by atoms with Crippen LogP contribution in [0.15, 0.2) is 22.7 Å². The Labute approximate surface area is 99.8 Å². The third-order valence-electron chi connectivity index (χ3n) is 2.33. The van der Waals surface area contributed by atoms with Crippen LogP contribution in [0.25, 0.3) is 0 Å². The summed E-state index contributed by atoms with van der Waals surface area (Å²) in [6.07, 6.45) is 0.729. The summed E-state index contributed by atoms with van der Waals surface area (Å²) >= 11 is 3.53. The van der Waals surface area contributed by atoms with Gasteiger partial charge in [0.1, 0.15) is 0 Å². The van der Waals surface area contributed by atoms with Crippen LogP contribution in [0.3, 0.4) is 0 Å². The molecule has 0 saturated heterocycles. The lowest BCUT2D eigenvalue weighted by molar-refractivity contribution is 0.261. The van der Waals surface area contributed by atoms with Crippen molar-refractivity contribution in [2.24, 2.45) is 0 Å². The summed E-state index contributed by atoms with van der Waals surface area (Å²) in [4.78, 5) is 0. The predicted molar refractivity (Wildman–Crippen MR) is 68.3 cm³/mol. The predicted octanol–water partition coefficient (Wildman–Crippen LogP) is 3.33. The Kier molecular flexibility index (Phi) is 4.17. The number of halogens is 1. The zero-order valence-electron chi connectivity index (χ0n) is 9.47. The number of aryl methyl sites for hydroxylation is 1. The first kappa shape index (κ1) is 12.5. The van der Waals surface area contributed by atoms with Gasteiger partial charge in [0, 0.05) is 22.3 Å². The van der Waals surface area contributed by atoms with Gasteiger partial charge in [0.15, 0.2) is 0 Å². The normalized spacial score (nSPS) is 11.5. The van der Waals surface area contributed by atoms with Crippen LogP contribution in [-0.2, 0) is 0 Å². The van der Waals surface area contributed by atoms with Crippen molar-refractivity contribution in [2.75, 3.05) is 11.9 Å². The van der Waals surface area contributed by atoms with Gasteiger partial charge in [-0.3, -0.25) is 0 Å². The molecule has 0 aliphatic carbocycles. The Bertz CT molecular complexity index is 336. The first-order chi connectivity index (χ1) is 6.94. The molecule has 0 heterocycles. The molecular formula is C12H18BrNO. The van der Waals surface area contributed by atoms with E-state index in [0.29, 0.717) is 0 Å². The first-order valence-corrected chi connectivity index (χ1v) is 5.89. The van der Waals surface area contributed by atoms with E-state index >= 15 is 0 Å². The molecule has 0 spiro atoms. The lowest BCUT2D eigenvalue weighted by Gasteiger charge is -2.27. The number of rotatable bonds is 4. The third-order valence-corrected chi connectivity index (χ3v) is 2.99. The van der Waals surface area contributed by atoms with Gasteiger partial charge in [-0.2, -0.15) is 0 Å². The number of benzene rings is 1. The highest BCUT2D eigenvalue weighted by atomic mass is 79.9. The molecule has 1 aromatic carbocycles. The van der Waals surface area contributed by atoms with Crippen molar-refractivity contribution in [3.05, 3.63) is 28.2 Å². The Morgan fingerprint density at radius 3 is 2.60 bits per heavy atom. The van der Waals surface area contributed by atoms with Crippen molar-refractivity contribution in [1.82, 2.24) is 0 Å². The van der Waals surface area contributed by atoms with Gasteiger partial charge in [0.05, 0.1) is 0 Å². The molecule has 1 aromatic rings. The fourth-order valence-corrected chi connectivity index (χ4v) is 2.02. The van der Waals surface area contributed by atoms with Crippen LogP contribution in [0.1, 0.15) is 25.8 Å². The monoisotopic (exact) mass is 271 g/mol. The van der Waals surface area contributed by atoms with Crippen molar-refractivity contribution in [3.63, 3.8) is 0 Å². The Morgan fingerprint density at radius 1 is 1.40 bits per heavy atom. The Morgan fingerprint density at radius 2 is 2.07 bits per heavy atom. The van der Waals surface area contributed by atoms with E-state index in [1.54, 1.807) is 0 Å². The maximum atomic E-state index is 8.94. The van der Waals surface area contributed by atoms with Gasteiger partial charge < -0.3 is 10.4 Å². The standard InChI is InChI=1S/C12H18BrNO/c1-9-4-5-11(10(13)8-9)14-12(2,3)6-7-15/h4-5,8,14-15H,6-7H2,1-3H3. The minimum atomic E-state index is -0.0907. The fraction of sp³-hybridized carbons (Fsp3) is 0.500. The first-order valence-electron chi connectivity index (χ1n) is 5.10. The summed E-state index contributed by atoms with van der Waals surface area (Å²) in [7, 11) is 0. The van der Waals surface area contributed by atoms with Gasteiger partial charge in [0.25, 0.3) is 0 Å². The molecule has 0 saturated carbocycles. The zero-order chi connectivity index (χ0) is 11.5. The summed E-state index contributed by atoms with van der Waals surface area (Å²) < 4.78 is 1.06. The maximum Gasteiger partial charge on any atom is 0.0488 e. The average Bonchev–Trinajstić information content (AvgIpc) is 2.09. The maximum absolute atomic E-state index is 8.94. The van der Waals surface area contributed by atoms with E-state index in [4.69, 9.17) is 5.11 Å². The molecule has 0 amide bonds. The van der Waals surface area contributed by atoms with E-state index in [1.165, 1.54) is 5.56 Å². The van der Waals surface area contributed by atoms with Gasteiger partial charge in [0.2, 0.25) is 0 Å². The molecule has 84 valence electrons. The van der Waals surface area contributed by atoms with Crippen LogP contribution >= 0.6 is 15.9 Å². The molecule has 2 nitrogen and oxygen atoms in total. The summed E-state index contributed by atoms with van der Waals surface area (Å²) in [5.74, 6) is 0. The van der Waals surface area contributed by atoms with Gasteiger partial charge >= 0.3 is 0 Å². The average molecular weight is 272 g/mol. The smallest absolute Gasteiger partial charge is 0.0488 e. The molecule has 0 bridgehead atoms. The second kappa shape index (κ2) is 4.99. The SMILES string of the molecule is Cc1ccc(NC(C)(C)CCO)c(Br)c1. The minimum Gasteiger partial charge on any atom is -0.396 e. The molecule has 0 unspecified atom stereocenters. The van der Waals surface area contributed by atoms with E-state index in [-0.39, 0.29) is 12.1 Å². The second-order valence-electron chi connectivity index (χ2n) is 4.47. The molecule has 0 fully saturated rings. The van der Waals surface area contributed by atoms with Crippen LogP contribution in [0.4, 0.5) is 5.69 Å². The number of hydrogen-bond donors (Lipinski definition) is 2. The highest BCUT2D eigenvalue weighted by Crippen LogP contribution is 2.27. The largest absolute Gasteiger partial charge is 0.396 e. The van der Waals surface area contributed by atoms with Crippen molar-refractivity contribution in [1.29, 1.82) is 0 Å². The van der Waals surface area contributed by atoms with Gasteiger partial charge in [-0.05, 0) is 60.8 Å². The van der Waals surface area contributed by atoms with Gasteiger partial charge in [-0.1, -0.05) is 6.07 Å². The van der Waals surface area contributed by atoms with Crippen molar-refractivity contribution < 1.29 is 5.11 Å². The molecule has 0 radical (unpaired) electrons. The molecule has 0 atom stereocenters. The number of aliphatic hydroxyl groups is 1. The molecule has 1 rings (SSSR count). The number of aliphatic hydroxyl groups excluding tert-OH is 1. The third kappa shape index (κ3) is 3.84. The van der Waals surface area contributed by atoms with Crippen LogP contribution in [-0.4, -0.2) is 17.3 Å². The summed E-state index contributed by atoms with van der Waals surface area (Å²) in [5.41, 5.74) is 2.21. The summed E-state index contributed by atoms with van der Waals surface area (Å²) in [5, 5.41) is 12.3. The molecule has 0 aliphatic heterocycles. The Hall–Kier alpha value is -0.540. The van der Waals surface area contributed by atoms with Crippen molar-refractivity contribution >= 4 is 21.6 Å². The van der Waals surface area contributed by atoms with E-state index in [0.717, 1.165) is 16.6 Å². The molecule has 3 heteroatoms. The van der Waals surface area contributed by atoms with Gasteiger partial charge in [-0.25, -0.2) is 0 Å². The van der Waals surface area contributed by atoms with Crippen LogP contribution in [0, 0.1) is 6.92 Å². The quantitative estimate of drug-likeness (QED) is 0.881. The Balaban J connectivity index is 2.80. The number of nitrogens with one attached hydrogen (secondary N) is 1. The highest BCUT2D eigenvalue weighted by molar-refractivity contribution is 9.10. The lowest BCUT2D eigenvalue weighted by Crippen LogP contribution is -2.32. The molecule has 2 N–H and O–H groups in total. The second-order valence-corrected chi connectivity index (χ2v) is 5.32. The van der Waals surface area contributed by atoms with Crippen molar-refractivity contribution in [3.8, 4) is 0 Å². The number of hydrogen-bond acceptors (Lipinski definition) is 2. The minimum absolute atomic E-state index is 0.0907. The van der Waals surface area contributed by atoms with E-state index in [2.05, 4.69) is 60.2 Å². The van der Waals surface area contributed by atoms with E-state index in [1.807, 2.05) is 0 Å². The fourth-order valence-electron chi connectivity index (χ4n) is 1.43. The molecular weight excluding hydrogens is 254 g/mol. The summed E-state index contributed by atoms with van der Waals surface area (Å²) in [6, 6.07) is 6.21. The molecule has 0 aromatic heterocycles.